The van der Waals surface area contributed by atoms with Crippen LogP contribution in [-0.4, -0.2) is 42.8 Å². The molecule has 0 aromatic heterocycles. The molecule has 2 heterocycles. The molecule has 1 fully saturated rings. The van der Waals surface area contributed by atoms with Crippen LogP contribution in [0.2, 0.25) is 0 Å². The average molecular weight is 386 g/mol. The Bertz CT molecular complexity index is 821. The van der Waals surface area contributed by atoms with E-state index in [4.69, 9.17) is 11.8 Å². The Morgan fingerprint density at radius 3 is 2.31 bits per heavy atom. The highest BCUT2D eigenvalue weighted by atomic mass is 32.4. The van der Waals surface area contributed by atoms with E-state index >= 15 is 0 Å². The number of hydrogen-bond donors (Lipinski definition) is 0. The van der Waals surface area contributed by atoms with Gasteiger partial charge < -0.3 is 9.57 Å². The number of allylic oxidation sites excluding steroid dienone is 4. The molecule has 2 aliphatic heterocycles. The first kappa shape index (κ1) is 17.2. The molecule has 0 saturated carbocycles. The maximum atomic E-state index is 6.73. The molecule has 1 atom stereocenters. The van der Waals surface area contributed by atoms with Crippen LogP contribution in [0.5, 0.6) is 0 Å². The van der Waals surface area contributed by atoms with E-state index in [1.807, 2.05) is 0 Å². The number of rotatable bonds is 2. The highest BCUT2D eigenvalue weighted by Gasteiger charge is 2.46. The second-order valence-electron chi connectivity index (χ2n) is 8.01. The summed E-state index contributed by atoms with van der Waals surface area (Å²) in [6.07, 6.45) is 5.62. The van der Waals surface area contributed by atoms with Gasteiger partial charge in [0.2, 0.25) is 0 Å². The van der Waals surface area contributed by atoms with Crippen LogP contribution in [0.1, 0.15) is 38.5 Å². The maximum absolute atomic E-state index is 6.73. The van der Waals surface area contributed by atoms with E-state index in [1.165, 1.54) is 44.2 Å². The predicted molar refractivity (Wildman–Crippen MR) is 114 cm³/mol. The van der Waals surface area contributed by atoms with Crippen LogP contribution in [0.4, 0.5) is 5.69 Å². The lowest BCUT2D eigenvalue weighted by Crippen LogP contribution is -2.46. The van der Waals surface area contributed by atoms with Gasteiger partial charge in [-0.25, -0.2) is 0 Å². The smallest absolute Gasteiger partial charge is 0.130 e. The third-order valence-electron chi connectivity index (χ3n) is 6.48. The number of benzene rings is 1. The zero-order valence-corrected chi connectivity index (χ0v) is 17.4. The fourth-order valence-electron chi connectivity index (χ4n) is 5.19. The highest BCUT2D eigenvalue weighted by molar-refractivity contribution is 8.16. The topological polar surface area (TPSA) is 9.72 Å². The van der Waals surface area contributed by atoms with Crippen LogP contribution < -0.4 is 4.67 Å². The Kier molecular flexibility index (Phi) is 4.36. The number of para-hydroxylation sites is 1. The van der Waals surface area contributed by atoms with Crippen molar-refractivity contribution in [2.75, 3.05) is 37.9 Å². The standard InChI is InChI=1S/C21H28N3PS/c1-22-13-15-23(16-14-22)25(26)21-12-6-10-19(21)18-9-5-11-20(18)24(25)17-7-3-2-4-8-17/h2-4,7-8H,5-6,9-16H2,1H3/t25-/m0/s1. The first-order valence-corrected chi connectivity index (χ1v) is 12.7. The van der Waals surface area contributed by atoms with Crippen molar-refractivity contribution in [3.05, 3.63) is 52.5 Å². The highest BCUT2D eigenvalue weighted by Crippen LogP contribution is 2.71. The number of piperazine rings is 1. The van der Waals surface area contributed by atoms with Crippen molar-refractivity contribution >= 4 is 23.8 Å². The van der Waals surface area contributed by atoms with Crippen molar-refractivity contribution in [3.63, 3.8) is 0 Å². The molecular weight excluding hydrogens is 357 g/mol. The Morgan fingerprint density at radius 1 is 0.846 bits per heavy atom. The van der Waals surface area contributed by atoms with Crippen LogP contribution in [0.25, 0.3) is 0 Å². The Hall–Kier alpha value is -0.930. The normalized spacial score (nSPS) is 30.1. The average Bonchev–Trinajstić information content (AvgIpc) is 3.32. The van der Waals surface area contributed by atoms with E-state index in [0.29, 0.717) is 0 Å². The summed E-state index contributed by atoms with van der Waals surface area (Å²) in [5, 5.41) is 1.65. The van der Waals surface area contributed by atoms with E-state index in [0.717, 1.165) is 26.2 Å². The summed E-state index contributed by atoms with van der Waals surface area (Å²) in [7, 11) is 2.24. The molecule has 1 aromatic rings. The molecule has 3 nitrogen and oxygen atoms in total. The van der Waals surface area contributed by atoms with Gasteiger partial charge in [0.25, 0.3) is 0 Å². The van der Waals surface area contributed by atoms with Crippen molar-refractivity contribution in [1.82, 2.24) is 9.57 Å². The SMILES string of the molecule is CN1CCN([P@@]2(=S)C3=C(CCC3)C3=C(CCC3)N2c2ccccc2)CC1. The van der Waals surface area contributed by atoms with E-state index in [2.05, 4.69) is 51.6 Å². The number of fused-ring (bicyclic) bond motifs is 1. The van der Waals surface area contributed by atoms with Crippen LogP contribution in [0, 0.1) is 0 Å². The summed E-state index contributed by atoms with van der Waals surface area (Å²) in [6, 6.07) is 11.0. The van der Waals surface area contributed by atoms with Gasteiger partial charge in [-0.05, 0) is 74.2 Å². The Morgan fingerprint density at radius 2 is 1.54 bits per heavy atom. The third kappa shape index (κ3) is 2.50. The third-order valence-corrected chi connectivity index (χ3v) is 11.7. The Labute approximate surface area is 162 Å². The number of hydrogen-bond acceptors (Lipinski definition) is 2. The molecule has 1 aromatic carbocycles. The molecule has 0 amide bonds. The van der Waals surface area contributed by atoms with Gasteiger partial charge in [-0.2, -0.15) is 0 Å². The molecule has 4 aliphatic rings. The van der Waals surface area contributed by atoms with Crippen molar-refractivity contribution < 1.29 is 0 Å². The van der Waals surface area contributed by atoms with Gasteiger partial charge in [-0.15, -0.1) is 0 Å². The molecule has 0 bridgehead atoms. The molecule has 2 aliphatic carbocycles. The molecule has 0 radical (unpaired) electrons. The zero-order chi connectivity index (χ0) is 17.7. The van der Waals surface area contributed by atoms with Gasteiger partial charge in [0, 0.05) is 37.6 Å². The molecule has 0 spiro atoms. The van der Waals surface area contributed by atoms with Crippen molar-refractivity contribution in [2.45, 2.75) is 38.5 Å². The largest absolute Gasteiger partial charge is 0.304 e. The van der Waals surface area contributed by atoms with E-state index in [9.17, 15) is 0 Å². The fraction of sp³-hybridized carbons (Fsp3) is 0.524. The van der Waals surface area contributed by atoms with Crippen LogP contribution >= 0.6 is 6.34 Å². The van der Waals surface area contributed by atoms with Crippen molar-refractivity contribution in [3.8, 4) is 0 Å². The summed E-state index contributed by atoms with van der Waals surface area (Å²) in [6.45, 7) is 4.48. The lowest BCUT2D eigenvalue weighted by atomic mass is 10.0. The molecule has 0 N–H and O–H groups in total. The molecule has 138 valence electrons. The van der Waals surface area contributed by atoms with Gasteiger partial charge >= 0.3 is 0 Å². The number of nitrogens with zero attached hydrogens (tertiary/aromatic N) is 3. The number of likely N-dealkylation sites (N-methyl/N-ethyl adjacent to an activating group) is 1. The monoisotopic (exact) mass is 385 g/mol. The lowest BCUT2D eigenvalue weighted by Gasteiger charge is -2.50. The second kappa shape index (κ2) is 6.60. The quantitative estimate of drug-likeness (QED) is 0.667. The minimum absolute atomic E-state index is 1.11. The van der Waals surface area contributed by atoms with Crippen molar-refractivity contribution in [1.29, 1.82) is 0 Å². The zero-order valence-electron chi connectivity index (χ0n) is 15.7. The summed E-state index contributed by atoms with van der Waals surface area (Å²) in [5.74, 6) is 0. The van der Waals surface area contributed by atoms with Crippen LogP contribution in [0.15, 0.2) is 52.5 Å². The molecule has 1 saturated heterocycles. The predicted octanol–water partition coefficient (Wildman–Crippen LogP) is 4.94. The Balaban J connectivity index is 1.68. The molecule has 26 heavy (non-hydrogen) atoms. The van der Waals surface area contributed by atoms with Crippen molar-refractivity contribution in [2.24, 2.45) is 0 Å². The van der Waals surface area contributed by atoms with E-state index in [1.54, 1.807) is 22.2 Å². The second-order valence-corrected chi connectivity index (χ2v) is 12.1. The minimum Gasteiger partial charge on any atom is -0.304 e. The van der Waals surface area contributed by atoms with Gasteiger partial charge in [-0.1, -0.05) is 30.0 Å². The summed E-state index contributed by atoms with van der Waals surface area (Å²) in [4.78, 5) is 2.44. The van der Waals surface area contributed by atoms with E-state index in [-0.39, 0.29) is 0 Å². The lowest BCUT2D eigenvalue weighted by molar-refractivity contribution is 0.228. The first-order chi connectivity index (χ1) is 12.7. The summed E-state index contributed by atoms with van der Waals surface area (Å²) < 4.78 is 5.37. The maximum Gasteiger partial charge on any atom is 0.130 e. The van der Waals surface area contributed by atoms with Crippen LogP contribution in [-0.2, 0) is 11.8 Å². The number of anilines is 1. The fourth-order valence-corrected chi connectivity index (χ4v) is 10.5. The molecule has 5 rings (SSSR count). The van der Waals surface area contributed by atoms with Gasteiger partial charge in [-0.3, -0.25) is 4.67 Å². The molecular formula is C21H28N3PS. The minimum atomic E-state index is -1.93. The molecule has 0 unspecified atom stereocenters. The van der Waals surface area contributed by atoms with Gasteiger partial charge in [0.15, 0.2) is 0 Å². The first-order valence-electron chi connectivity index (χ1n) is 10.0. The van der Waals surface area contributed by atoms with Gasteiger partial charge in [0.05, 0.1) is 0 Å². The van der Waals surface area contributed by atoms with Crippen LogP contribution in [0.3, 0.4) is 0 Å². The van der Waals surface area contributed by atoms with E-state index < -0.39 is 6.34 Å². The molecule has 5 heteroatoms. The van der Waals surface area contributed by atoms with Gasteiger partial charge in [0.1, 0.15) is 6.34 Å². The summed E-state index contributed by atoms with van der Waals surface area (Å²) >= 11 is 6.73. The summed E-state index contributed by atoms with van der Waals surface area (Å²) in [5.41, 5.74) is 6.24.